The fourth-order valence-electron chi connectivity index (χ4n) is 2.15. The van der Waals surface area contributed by atoms with Gasteiger partial charge in [-0.15, -0.1) is 0 Å². The minimum atomic E-state index is -0.145. The molecule has 0 aliphatic heterocycles. The van der Waals surface area contributed by atoms with Gasteiger partial charge in [0.2, 0.25) is 5.78 Å². The van der Waals surface area contributed by atoms with Gasteiger partial charge in [-0.3, -0.25) is 4.79 Å². The molecular formula is C16H12O3. The first-order valence-corrected chi connectivity index (χ1v) is 5.98. The first kappa shape index (κ1) is 11.5. The number of ketones is 1. The van der Waals surface area contributed by atoms with Crippen molar-refractivity contribution < 1.29 is 14.3 Å². The lowest BCUT2D eigenvalue weighted by molar-refractivity contribution is 0.101. The molecule has 0 fully saturated rings. The lowest BCUT2D eigenvalue weighted by Crippen LogP contribution is -2.00. The molecule has 0 atom stereocenters. The smallest absolute Gasteiger partial charge is 0.228 e. The summed E-state index contributed by atoms with van der Waals surface area (Å²) in [4.78, 5) is 12.4. The van der Waals surface area contributed by atoms with Gasteiger partial charge >= 0.3 is 0 Å². The molecule has 1 heterocycles. The van der Waals surface area contributed by atoms with E-state index < -0.39 is 0 Å². The van der Waals surface area contributed by atoms with Gasteiger partial charge in [-0.25, -0.2) is 0 Å². The van der Waals surface area contributed by atoms with E-state index in [1.54, 1.807) is 30.3 Å². The molecular weight excluding hydrogens is 240 g/mol. The molecule has 19 heavy (non-hydrogen) atoms. The van der Waals surface area contributed by atoms with Crippen LogP contribution in [0, 0.1) is 6.92 Å². The molecule has 2 aromatic carbocycles. The molecule has 0 amide bonds. The van der Waals surface area contributed by atoms with E-state index in [1.807, 2.05) is 25.1 Å². The summed E-state index contributed by atoms with van der Waals surface area (Å²) in [6.07, 6.45) is 0. The van der Waals surface area contributed by atoms with Crippen LogP contribution in [0.1, 0.15) is 21.7 Å². The van der Waals surface area contributed by atoms with Gasteiger partial charge in [0.25, 0.3) is 0 Å². The molecule has 0 radical (unpaired) electrons. The predicted molar refractivity (Wildman–Crippen MR) is 72.5 cm³/mol. The average Bonchev–Trinajstić information content (AvgIpc) is 2.76. The van der Waals surface area contributed by atoms with E-state index in [2.05, 4.69) is 0 Å². The number of aromatic hydroxyl groups is 1. The number of benzene rings is 2. The normalized spacial score (nSPS) is 10.8. The zero-order valence-corrected chi connectivity index (χ0v) is 10.4. The molecule has 0 aliphatic rings. The van der Waals surface area contributed by atoms with Crippen LogP contribution in [0.3, 0.4) is 0 Å². The highest BCUT2D eigenvalue weighted by atomic mass is 16.3. The molecule has 0 saturated heterocycles. The van der Waals surface area contributed by atoms with Crippen molar-refractivity contribution in [2.45, 2.75) is 6.92 Å². The van der Waals surface area contributed by atoms with E-state index in [-0.39, 0.29) is 11.5 Å². The largest absolute Gasteiger partial charge is 0.508 e. The molecule has 94 valence electrons. The van der Waals surface area contributed by atoms with Crippen LogP contribution in [0.25, 0.3) is 11.0 Å². The topological polar surface area (TPSA) is 50.4 Å². The van der Waals surface area contributed by atoms with Crippen LogP contribution in [0.15, 0.2) is 52.9 Å². The van der Waals surface area contributed by atoms with E-state index >= 15 is 0 Å². The third kappa shape index (κ3) is 1.89. The molecule has 0 spiro atoms. The maximum Gasteiger partial charge on any atom is 0.228 e. The molecule has 3 heteroatoms. The van der Waals surface area contributed by atoms with Gasteiger partial charge in [-0.1, -0.05) is 30.3 Å². The summed E-state index contributed by atoms with van der Waals surface area (Å²) in [5, 5.41) is 10.3. The Morgan fingerprint density at radius 3 is 2.58 bits per heavy atom. The summed E-state index contributed by atoms with van der Waals surface area (Å²) in [7, 11) is 0. The number of rotatable bonds is 2. The molecule has 0 unspecified atom stereocenters. The van der Waals surface area contributed by atoms with Crippen molar-refractivity contribution in [2.24, 2.45) is 0 Å². The van der Waals surface area contributed by atoms with E-state index in [0.717, 1.165) is 10.9 Å². The van der Waals surface area contributed by atoms with Gasteiger partial charge in [0, 0.05) is 16.5 Å². The van der Waals surface area contributed by atoms with Gasteiger partial charge in [-0.2, -0.15) is 0 Å². The highest BCUT2D eigenvalue weighted by Crippen LogP contribution is 2.29. The van der Waals surface area contributed by atoms with E-state index in [0.29, 0.717) is 16.9 Å². The quantitative estimate of drug-likeness (QED) is 0.708. The maximum atomic E-state index is 12.4. The predicted octanol–water partition coefficient (Wildman–Crippen LogP) is 3.68. The van der Waals surface area contributed by atoms with Crippen molar-refractivity contribution in [3.8, 4) is 5.75 Å². The Labute approximate surface area is 110 Å². The fourth-order valence-corrected chi connectivity index (χ4v) is 2.15. The van der Waals surface area contributed by atoms with Crippen LogP contribution >= 0.6 is 0 Å². The minimum absolute atomic E-state index is 0.145. The number of carbonyl (C=O) groups excluding carboxylic acids is 1. The third-order valence-electron chi connectivity index (χ3n) is 3.16. The lowest BCUT2D eigenvalue weighted by Gasteiger charge is -1.98. The van der Waals surface area contributed by atoms with E-state index in [1.165, 1.54) is 0 Å². The Balaban J connectivity index is 2.16. The maximum absolute atomic E-state index is 12.4. The molecule has 3 rings (SSSR count). The standard InChI is InChI=1S/C16H12O3/c1-10-13-9-12(17)7-8-14(13)19-16(10)15(18)11-5-3-2-4-6-11/h2-9,17H,1H3. The molecule has 0 aliphatic carbocycles. The van der Waals surface area contributed by atoms with Gasteiger partial charge in [0.1, 0.15) is 11.3 Å². The number of aryl methyl sites for hydroxylation is 1. The van der Waals surface area contributed by atoms with Gasteiger partial charge < -0.3 is 9.52 Å². The number of furan rings is 1. The molecule has 0 bridgehead atoms. The van der Waals surface area contributed by atoms with Crippen LogP contribution in [0.5, 0.6) is 5.75 Å². The Hall–Kier alpha value is -2.55. The molecule has 0 saturated carbocycles. The number of hydrogen-bond acceptors (Lipinski definition) is 3. The summed E-state index contributed by atoms with van der Waals surface area (Å²) < 4.78 is 5.61. The molecule has 3 nitrogen and oxygen atoms in total. The Morgan fingerprint density at radius 1 is 1.11 bits per heavy atom. The monoisotopic (exact) mass is 252 g/mol. The second-order valence-corrected chi connectivity index (χ2v) is 4.43. The number of phenols is 1. The molecule has 1 N–H and O–H groups in total. The summed E-state index contributed by atoms with van der Waals surface area (Å²) in [5.74, 6) is 0.343. The van der Waals surface area contributed by atoms with Crippen molar-refractivity contribution in [1.29, 1.82) is 0 Å². The average molecular weight is 252 g/mol. The minimum Gasteiger partial charge on any atom is -0.508 e. The van der Waals surface area contributed by atoms with Crippen molar-refractivity contribution >= 4 is 16.8 Å². The number of hydrogen-bond donors (Lipinski definition) is 1. The third-order valence-corrected chi connectivity index (χ3v) is 3.16. The van der Waals surface area contributed by atoms with Gasteiger partial charge in [-0.05, 0) is 25.1 Å². The van der Waals surface area contributed by atoms with Crippen LogP contribution in [-0.4, -0.2) is 10.9 Å². The second kappa shape index (κ2) is 4.28. The highest BCUT2D eigenvalue weighted by molar-refractivity contribution is 6.10. The fraction of sp³-hybridized carbons (Fsp3) is 0.0625. The number of phenolic OH excluding ortho intramolecular Hbond substituents is 1. The van der Waals surface area contributed by atoms with E-state index in [9.17, 15) is 9.90 Å². The Morgan fingerprint density at radius 2 is 1.84 bits per heavy atom. The lowest BCUT2D eigenvalue weighted by atomic mass is 10.0. The van der Waals surface area contributed by atoms with Crippen molar-refractivity contribution in [1.82, 2.24) is 0 Å². The van der Waals surface area contributed by atoms with Crippen LogP contribution < -0.4 is 0 Å². The molecule has 1 aromatic heterocycles. The second-order valence-electron chi connectivity index (χ2n) is 4.43. The molecule has 3 aromatic rings. The van der Waals surface area contributed by atoms with Crippen LogP contribution in [0.2, 0.25) is 0 Å². The first-order valence-electron chi connectivity index (χ1n) is 5.98. The summed E-state index contributed by atoms with van der Waals surface area (Å²) in [6, 6.07) is 13.8. The number of carbonyl (C=O) groups is 1. The first-order chi connectivity index (χ1) is 9.16. The summed E-state index contributed by atoms with van der Waals surface area (Å²) in [5.41, 5.74) is 1.95. The summed E-state index contributed by atoms with van der Waals surface area (Å²) in [6.45, 7) is 1.82. The van der Waals surface area contributed by atoms with Crippen LogP contribution in [-0.2, 0) is 0 Å². The zero-order chi connectivity index (χ0) is 13.4. The SMILES string of the molecule is Cc1c(C(=O)c2ccccc2)oc2ccc(O)cc12. The van der Waals surface area contributed by atoms with Crippen molar-refractivity contribution in [3.63, 3.8) is 0 Å². The van der Waals surface area contributed by atoms with Crippen molar-refractivity contribution in [3.05, 3.63) is 65.4 Å². The summed E-state index contributed by atoms with van der Waals surface area (Å²) >= 11 is 0. The zero-order valence-electron chi connectivity index (χ0n) is 10.4. The number of fused-ring (bicyclic) bond motifs is 1. The Bertz CT molecular complexity index is 754. The van der Waals surface area contributed by atoms with Gasteiger partial charge in [0.15, 0.2) is 5.76 Å². The van der Waals surface area contributed by atoms with Gasteiger partial charge in [0.05, 0.1) is 0 Å². The van der Waals surface area contributed by atoms with E-state index in [4.69, 9.17) is 4.42 Å². The Kier molecular flexibility index (Phi) is 2.60. The van der Waals surface area contributed by atoms with Crippen LogP contribution in [0.4, 0.5) is 0 Å². The van der Waals surface area contributed by atoms with Crippen molar-refractivity contribution in [2.75, 3.05) is 0 Å². The highest BCUT2D eigenvalue weighted by Gasteiger charge is 2.19.